The highest BCUT2D eigenvalue weighted by atomic mass is 16.5. The molecular weight excluding hydrogens is 324 g/mol. The van der Waals surface area contributed by atoms with Gasteiger partial charge in [-0.05, 0) is 12.1 Å². The van der Waals surface area contributed by atoms with E-state index in [9.17, 15) is 5.11 Å². The summed E-state index contributed by atoms with van der Waals surface area (Å²) in [6, 6.07) is 3.97. The van der Waals surface area contributed by atoms with Crippen molar-refractivity contribution in [1.82, 2.24) is 19.5 Å². The van der Waals surface area contributed by atoms with E-state index in [4.69, 9.17) is 20.9 Å². The van der Waals surface area contributed by atoms with Gasteiger partial charge in [-0.3, -0.25) is 4.90 Å². The molecule has 0 aromatic carbocycles. The van der Waals surface area contributed by atoms with E-state index in [-0.39, 0.29) is 18.2 Å². The van der Waals surface area contributed by atoms with Crippen molar-refractivity contribution >= 4 is 11.3 Å². The molecule has 2 aliphatic rings. The van der Waals surface area contributed by atoms with Crippen LogP contribution in [0.5, 0.6) is 0 Å². The van der Waals surface area contributed by atoms with Crippen LogP contribution in [-0.2, 0) is 9.47 Å². The van der Waals surface area contributed by atoms with Crippen LogP contribution in [0.4, 0.5) is 5.82 Å². The van der Waals surface area contributed by atoms with Crippen LogP contribution in [0.2, 0.25) is 0 Å². The first kappa shape index (κ1) is 16.7. The molecule has 2 aromatic heterocycles. The van der Waals surface area contributed by atoms with E-state index >= 15 is 0 Å². The van der Waals surface area contributed by atoms with Crippen molar-refractivity contribution < 1.29 is 14.6 Å². The number of fused-ring (bicyclic) bond motifs is 1. The predicted octanol–water partition coefficient (Wildman–Crippen LogP) is -0.838. The molecule has 2 aliphatic heterocycles. The number of rotatable bonds is 4. The molecule has 0 aliphatic carbocycles. The Labute approximate surface area is 145 Å². The molecular formula is C16H24N6O3. The lowest BCUT2D eigenvalue weighted by molar-refractivity contribution is -0.0557. The number of aromatic nitrogens is 3. The molecule has 4 atom stereocenters. The van der Waals surface area contributed by atoms with Gasteiger partial charge in [0.1, 0.15) is 17.9 Å². The molecule has 0 radical (unpaired) electrons. The largest absolute Gasteiger partial charge is 0.390 e. The van der Waals surface area contributed by atoms with Gasteiger partial charge >= 0.3 is 0 Å². The fraction of sp³-hybridized carbons (Fsp3) is 0.625. The molecule has 0 unspecified atom stereocenters. The van der Waals surface area contributed by atoms with Gasteiger partial charge in [0.15, 0.2) is 5.82 Å². The SMILES string of the molecule is NC[C@@H]1COCCN1C[C@H]1O[C@@H](c2ccc3c(N)ncnn23)C[C@@H]1O. The number of aliphatic hydroxyl groups is 1. The van der Waals surface area contributed by atoms with Crippen LogP contribution in [0.3, 0.4) is 0 Å². The number of ether oxygens (including phenoxy) is 2. The van der Waals surface area contributed by atoms with Crippen molar-refractivity contribution in [2.75, 3.05) is 38.6 Å². The third-order valence-electron chi connectivity index (χ3n) is 5.10. The van der Waals surface area contributed by atoms with Crippen LogP contribution in [0.25, 0.3) is 5.52 Å². The number of hydrogen-bond donors (Lipinski definition) is 3. The third kappa shape index (κ3) is 3.09. The Balaban J connectivity index is 1.50. The van der Waals surface area contributed by atoms with Crippen molar-refractivity contribution in [2.45, 2.75) is 30.8 Å². The highest BCUT2D eigenvalue weighted by Crippen LogP contribution is 2.34. The number of nitrogens with two attached hydrogens (primary N) is 2. The first-order valence-corrected chi connectivity index (χ1v) is 8.61. The Morgan fingerprint density at radius 3 is 3.08 bits per heavy atom. The molecule has 25 heavy (non-hydrogen) atoms. The van der Waals surface area contributed by atoms with Gasteiger partial charge < -0.3 is 26.0 Å². The highest BCUT2D eigenvalue weighted by Gasteiger charge is 2.38. The average Bonchev–Trinajstić information content (AvgIpc) is 3.20. The van der Waals surface area contributed by atoms with Crippen LogP contribution in [0, 0.1) is 0 Å². The number of anilines is 1. The fourth-order valence-electron chi connectivity index (χ4n) is 3.68. The molecule has 4 rings (SSSR count). The summed E-state index contributed by atoms with van der Waals surface area (Å²) in [6.45, 7) is 3.29. The van der Waals surface area contributed by atoms with Crippen LogP contribution < -0.4 is 11.5 Å². The molecule has 2 fully saturated rings. The van der Waals surface area contributed by atoms with E-state index in [1.165, 1.54) is 6.33 Å². The minimum atomic E-state index is -0.531. The maximum Gasteiger partial charge on any atom is 0.151 e. The van der Waals surface area contributed by atoms with Gasteiger partial charge in [-0.15, -0.1) is 0 Å². The van der Waals surface area contributed by atoms with Crippen molar-refractivity contribution in [3.8, 4) is 0 Å². The molecule has 5 N–H and O–H groups in total. The van der Waals surface area contributed by atoms with E-state index in [0.717, 1.165) is 17.8 Å². The van der Waals surface area contributed by atoms with Crippen molar-refractivity contribution in [3.63, 3.8) is 0 Å². The first-order chi connectivity index (χ1) is 12.2. The van der Waals surface area contributed by atoms with E-state index < -0.39 is 6.10 Å². The Morgan fingerprint density at radius 1 is 1.36 bits per heavy atom. The summed E-state index contributed by atoms with van der Waals surface area (Å²) in [6.07, 6.45) is 0.930. The lowest BCUT2D eigenvalue weighted by Gasteiger charge is -2.36. The van der Waals surface area contributed by atoms with Gasteiger partial charge in [0, 0.05) is 32.1 Å². The quantitative estimate of drug-likeness (QED) is 0.653. The Kier molecular flexibility index (Phi) is 4.57. The van der Waals surface area contributed by atoms with Crippen molar-refractivity contribution in [2.24, 2.45) is 5.73 Å². The predicted molar refractivity (Wildman–Crippen MR) is 90.9 cm³/mol. The summed E-state index contributed by atoms with van der Waals surface area (Å²) in [4.78, 5) is 6.24. The van der Waals surface area contributed by atoms with E-state index in [2.05, 4.69) is 15.0 Å². The average molecular weight is 348 g/mol. The minimum absolute atomic E-state index is 0.172. The Morgan fingerprint density at radius 2 is 2.24 bits per heavy atom. The summed E-state index contributed by atoms with van der Waals surface area (Å²) >= 11 is 0. The van der Waals surface area contributed by atoms with Gasteiger partial charge in [0.25, 0.3) is 0 Å². The molecule has 9 nitrogen and oxygen atoms in total. The summed E-state index contributed by atoms with van der Waals surface area (Å²) in [5.74, 6) is 0.426. The van der Waals surface area contributed by atoms with Gasteiger partial charge in [-0.25, -0.2) is 9.50 Å². The zero-order valence-electron chi connectivity index (χ0n) is 14.0. The lowest BCUT2D eigenvalue weighted by atomic mass is 10.1. The molecule has 0 saturated carbocycles. The number of aliphatic hydroxyl groups excluding tert-OH is 1. The monoisotopic (exact) mass is 348 g/mol. The van der Waals surface area contributed by atoms with Crippen molar-refractivity contribution in [3.05, 3.63) is 24.2 Å². The van der Waals surface area contributed by atoms with Crippen LogP contribution in [-0.4, -0.2) is 75.7 Å². The second-order valence-corrected chi connectivity index (χ2v) is 6.63. The van der Waals surface area contributed by atoms with Gasteiger partial charge in [-0.1, -0.05) is 0 Å². The van der Waals surface area contributed by atoms with Crippen LogP contribution in [0.15, 0.2) is 18.5 Å². The van der Waals surface area contributed by atoms with Crippen LogP contribution in [0.1, 0.15) is 18.2 Å². The Bertz CT molecular complexity index is 738. The van der Waals surface area contributed by atoms with Crippen LogP contribution >= 0.6 is 0 Å². The number of morpholine rings is 1. The van der Waals surface area contributed by atoms with E-state index in [1.807, 2.05) is 12.1 Å². The molecule has 4 heterocycles. The minimum Gasteiger partial charge on any atom is -0.390 e. The molecule has 0 bridgehead atoms. The first-order valence-electron chi connectivity index (χ1n) is 8.61. The number of nitrogens with zero attached hydrogens (tertiary/aromatic N) is 4. The standard InChI is InChI=1S/C16H24N6O3/c17-6-10-8-24-4-3-21(10)7-15-13(23)5-14(25-15)11-1-2-12-16(18)19-9-20-22(11)12/h1-2,9-10,13-15,23H,3-8,17H2,(H2,18,19,20)/t10-,13+,14-,15-/m1/s1. The summed E-state index contributed by atoms with van der Waals surface area (Å²) in [7, 11) is 0. The summed E-state index contributed by atoms with van der Waals surface area (Å²) in [5, 5.41) is 14.8. The maximum absolute atomic E-state index is 10.5. The normalized spacial score (nSPS) is 31.0. The maximum atomic E-state index is 10.5. The van der Waals surface area contributed by atoms with E-state index in [1.54, 1.807) is 4.52 Å². The third-order valence-corrected chi connectivity index (χ3v) is 5.10. The van der Waals surface area contributed by atoms with Gasteiger partial charge in [0.05, 0.1) is 31.1 Å². The smallest absolute Gasteiger partial charge is 0.151 e. The molecule has 0 amide bonds. The molecule has 9 heteroatoms. The summed E-state index contributed by atoms with van der Waals surface area (Å²) in [5.41, 5.74) is 13.3. The zero-order valence-corrected chi connectivity index (χ0v) is 14.0. The molecule has 2 saturated heterocycles. The highest BCUT2D eigenvalue weighted by molar-refractivity contribution is 5.65. The molecule has 0 spiro atoms. The van der Waals surface area contributed by atoms with E-state index in [0.29, 0.717) is 38.5 Å². The molecule has 2 aromatic rings. The van der Waals surface area contributed by atoms with Gasteiger partial charge in [-0.2, -0.15) is 5.10 Å². The fourth-order valence-corrected chi connectivity index (χ4v) is 3.68. The van der Waals surface area contributed by atoms with Crippen molar-refractivity contribution in [1.29, 1.82) is 0 Å². The zero-order chi connectivity index (χ0) is 17.4. The summed E-state index contributed by atoms with van der Waals surface area (Å²) < 4.78 is 13.4. The second kappa shape index (κ2) is 6.85. The lowest BCUT2D eigenvalue weighted by Crippen LogP contribution is -2.52. The van der Waals surface area contributed by atoms with Gasteiger partial charge in [0.2, 0.25) is 0 Å². The Hall–Kier alpha value is -1.78. The topological polar surface area (TPSA) is 124 Å². The number of hydrogen-bond acceptors (Lipinski definition) is 8. The second-order valence-electron chi connectivity index (χ2n) is 6.63. The number of nitrogen functional groups attached to an aromatic ring is 1. The molecule has 136 valence electrons.